The van der Waals surface area contributed by atoms with E-state index < -0.39 is 10.0 Å². The third-order valence-electron chi connectivity index (χ3n) is 11.6. The van der Waals surface area contributed by atoms with E-state index in [1.165, 1.54) is 26.2 Å². The van der Waals surface area contributed by atoms with Crippen LogP contribution in [0.5, 0.6) is 5.75 Å². The highest BCUT2D eigenvalue weighted by Gasteiger charge is 2.46. The Bertz CT molecular complexity index is 2440. The van der Waals surface area contributed by atoms with E-state index in [0.717, 1.165) is 91.4 Å². The van der Waals surface area contributed by atoms with Gasteiger partial charge in [-0.2, -0.15) is 0 Å². The molecule has 300 valence electrons. The van der Waals surface area contributed by atoms with Gasteiger partial charge in [0.15, 0.2) is 11.3 Å². The van der Waals surface area contributed by atoms with E-state index >= 15 is 0 Å². The molecule has 6 aromatic rings. The lowest BCUT2D eigenvalue weighted by atomic mass is 9.62. The van der Waals surface area contributed by atoms with Crippen LogP contribution in [0.1, 0.15) is 64.2 Å². The Morgan fingerprint density at radius 3 is 1.95 bits per heavy atom. The molecule has 10 rings (SSSR count). The number of fused-ring (bicyclic) bond motifs is 5. The summed E-state index contributed by atoms with van der Waals surface area (Å²) >= 11 is 0. The van der Waals surface area contributed by atoms with Crippen LogP contribution in [0.15, 0.2) is 90.3 Å². The predicted octanol–water partition coefficient (Wildman–Crippen LogP) is 5.80. The Kier molecular flexibility index (Phi) is 10.4. The summed E-state index contributed by atoms with van der Waals surface area (Å²) in [6.45, 7) is 0. The van der Waals surface area contributed by atoms with Crippen molar-refractivity contribution in [1.29, 1.82) is 0 Å². The summed E-state index contributed by atoms with van der Waals surface area (Å²) in [5, 5.41) is 33.5. The number of hydrogen-bond acceptors (Lipinski definition) is 13. The fourth-order valence-corrected chi connectivity index (χ4v) is 9.09. The molecule has 0 aliphatic heterocycles. The molecule has 4 aromatic heterocycles. The second-order valence-corrected chi connectivity index (χ2v) is 18.0. The number of nitrogens with one attached hydrogen (secondary N) is 4. The zero-order chi connectivity index (χ0) is 39.8. The summed E-state index contributed by atoms with van der Waals surface area (Å²) in [4.78, 5) is 8.64. The van der Waals surface area contributed by atoms with Gasteiger partial charge < -0.3 is 37.8 Å². The lowest BCUT2D eigenvalue weighted by Gasteiger charge is -2.52. The first-order chi connectivity index (χ1) is 27.4. The van der Waals surface area contributed by atoms with Crippen molar-refractivity contribution in [2.75, 3.05) is 35.4 Å². The van der Waals surface area contributed by atoms with Gasteiger partial charge >= 0.3 is 0 Å². The summed E-state index contributed by atoms with van der Waals surface area (Å²) in [6.07, 6.45) is 17.7. The molecule has 0 unspecified atom stereocenters. The first-order valence-corrected chi connectivity index (χ1v) is 20.9. The highest BCUT2D eigenvalue weighted by molar-refractivity contribution is 7.89. The molecule has 2 aromatic carbocycles. The normalized spacial score (nSPS) is 23.2. The van der Waals surface area contributed by atoms with E-state index in [1.54, 1.807) is 29.2 Å². The molecule has 4 aliphatic carbocycles. The minimum absolute atomic E-state index is 0.0746. The van der Waals surface area contributed by atoms with E-state index in [-0.39, 0.29) is 27.8 Å². The van der Waals surface area contributed by atoms with Crippen molar-refractivity contribution in [3.8, 4) is 5.75 Å². The molecule has 4 fully saturated rings. The molecule has 4 saturated carbocycles. The number of hydrogen-bond donors (Lipinski definition) is 7. The molecule has 57 heavy (non-hydrogen) atoms. The average Bonchev–Trinajstić information content (AvgIpc) is 3.88. The van der Waals surface area contributed by atoms with Crippen molar-refractivity contribution in [3.05, 3.63) is 85.5 Å². The third kappa shape index (κ3) is 8.32. The van der Waals surface area contributed by atoms with Gasteiger partial charge in [0.2, 0.25) is 10.0 Å². The Hall–Kier alpha value is -5.49. The quantitative estimate of drug-likeness (QED) is 0.0874. The van der Waals surface area contributed by atoms with Gasteiger partial charge in [-0.05, 0) is 88.5 Å². The lowest BCUT2D eigenvalue weighted by Crippen LogP contribution is -2.57. The van der Waals surface area contributed by atoms with E-state index in [9.17, 15) is 13.5 Å². The van der Waals surface area contributed by atoms with Gasteiger partial charge in [0, 0.05) is 91.6 Å². The number of benzene rings is 2. The molecular weight excluding hydrogens is 743 g/mol. The van der Waals surface area contributed by atoms with E-state index in [0.29, 0.717) is 28.9 Å². The van der Waals surface area contributed by atoms with E-state index in [1.807, 2.05) is 35.0 Å². The van der Waals surface area contributed by atoms with Crippen LogP contribution in [-0.2, 0) is 10.0 Å². The Balaban J connectivity index is 0.000000162. The van der Waals surface area contributed by atoms with Crippen LogP contribution in [0, 0.1) is 0 Å². The summed E-state index contributed by atoms with van der Waals surface area (Å²) < 4.78 is 29.2. The monoisotopic (exact) mass is 793 g/mol. The molecule has 0 atom stereocenters. The highest BCUT2D eigenvalue weighted by atomic mass is 32.2. The fourth-order valence-electron chi connectivity index (χ4n) is 8.14. The number of phenolic OH excluding ortho intramolecular Hbond substituents is 1. The van der Waals surface area contributed by atoms with Gasteiger partial charge in [-0.25, -0.2) is 31.7 Å². The molecule has 9 N–H and O–H groups in total. The summed E-state index contributed by atoms with van der Waals surface area (Å²) in [5.41, 5.74) is 17.3. The number of imidazole rings is 2. The summed E-state index contributed by atoms with van der Waals surface area (Å²) in [6, 6.07) is 19.0. The molecule has 0 saturated heterocycles. The van der Waals surface area contributed by atoms with Crippen LogP contribution in [-0.4, -0.2) is 84.3 Å². The predicted molar refractivity (Wildman–Crippen MR) is 223 cm³/mol. The van der Waals surface area contributed by atoms with Crippen molar-refractivity contribution in [1.82, 2.24) is 33.5 Å². The Labute approximate surface area is 332 Å². The van der Waals surface area contributed by atoms with Gasteiger partial charge in [-0.1, -0.05) is 18.2 Å². The van der Waals surface area contributed by atoms with Crippen molar-refractivity contribution in [3.63, 3.8) is 0 Å². The van der Waals surface area contributed by atoms with Crippen LogP contribution in [0.3, 0.4) is 0 Å². The van der Waals surface area contributed by atoms with Crippen molar-refractivity contribution in [2.45, 2.75) is 92.3 Å². The number of aromatic nitrogens is 6. The Morgan fingerprint density at radius 1 is 0.772 bits per heavy atom. The summed E-state index contributed by atoms with van der Waals surface area (Å²) in [5.74, 6) is 1.26. The SMILES string of the molecule is CN(C)S(=O)(=O)c1ccc(Nc2cc(NC3CCC(N)CC3)nn3ccnc23)cc1O.NC12CCC(Nc3cc(Nc4ccccc4)c4nccn4n3)(CC1)CC2. The molecule has 17 heteroatoms. The van der Waals surface area contributed by atoms with Gasteiger partial charge in [-0.3, -0.25) is 0 Å². The number of phenols is 1. The molecular formula is C40H51N13O3S. The van der Waals surface area contributed by atoms with Gasteiger partial charge in [0.1, 0.15) is 22.3 Å². The first kappa shape index (κ1) is 38.4. The number of rotatable bonds is 10. The number of para-hydroxylation sites is 1. The average molecular weight is 794 g/mol. The topological polar surface area (TPSA) is 218 Å². The van der Waals surface area contributed by atoms with Crippen LogP contribution in [0.25, 0.3) is 11.3 Å². The largest absolute Gasteiger partial charge is 0.506 e. The van der Waals surface area contributed by atoms with Gasteiger partial charge in [0.05, 0.1) is 11.4 Å². The summed E-state index contributed by atoms with van der Waals surface area (Å²) in [7, 11) is -0.904. The van der Waals surface area contributed by atoms with Crippen LogP contribution in [0.2, 0.25) is 0 Å². The molecule has 4 aliphatic rings. The molecule has 2 bridgehead atoms. The fraction of sp³-hybridized carbons (Fsp3) is 0.400. The van der Waals surface area contributed by atoms with Crippen molar-refractivity contribution < 1.29 is 13.5 Å². The standard InChI is InChI=1S/C20H27N7O3S.C20H24N6/c1-26(2)31(29,30)18-8-7-15(11-17(18)28)23-16-12-19(25-27-10-9-22-20(16)27)24-14-5-3-13(21)4-6-14;21-19-6-9-20(10-7-19,11-8-19)24-17-14-16(18-22-12-13-26(18)25-17)23-15-4-2-1-3-5-15/h7-14,23,28H,3-6,21H2,1-2H3,(H,24,25);1-5,12-14,23H,6-11,21H2,(H,24,25). The van der Waals surface area contributed by atoms with Crippen molar-refractivity contribution in [2.24, 2.45) is 11.5 Å². The molecule has 0 amide bonds. The number of nitrogens with zero attached hydrogens (tertiary/aromatic N) is 7. The lowest BCUT2D eigenvalue weighted by molar-refractivity contribution is 0.126. The molecule has 16 nitrogen and oxygen atoms in total. The van der Waals surface area contributed by atoms with E-state index in [4.69, 9.17) is 16.6 Å². The molecule has 0 radical (unpaired) electrons. The highest BCUT2D eigenvalue weighted by Crippen LogP contribution is 2.47. The molecule has 0 spiro atoms. The third-order valence-corrected chi connectivity index (χ3v) is 13.5. The second kappa shape index (κ2) is 15.5. The van der Waals surface area contributed by atoms with Crippen LogP contribution < -0.4 is 32.7 Å². The van der Waals surface area contributed by atoms with Gasteiger partial charge in [0.25, 0.3) is 0 Å². The van der Waals surface area contributed by atoms with E-state index in [2.05, 4.69) is 54.5 Å². The number of sulfonamides is 1. The van der Waals surface area contributed by atoms with Gasteiger partial charge in [-0.15, -0.1) is 10.2 Å². The number of nitrogens with two attached hydrogens (primary N) is 2. The maximum absolute atomic E-state index is 12.3. The number of anilines is 6. The minimum atomic E-state index is -3.74. The maximum atomic E-state index is 12.3. The zero-order valence-corrected chi connectivity index (χ0v) is 33.1. The minimum Gasteiger partial charge on any atom is -0.506 e. The van der Waals surface area contributed by atoms with Crippen molar-refractivity contribution >= 4 is 55.7 Å². The van der Waals surface area contributed by atoms with Crippen LogP contribution in [0.4, 0.5) is 34.4 Å². The smallest absolute Gasteiger partial charge is 0.246 e. The molecule has 4 heterocycles. The maximum Gasteiger partial charge on any atom is 0.246 e. The first-order valence-electron chi connectivity index (χ1n) is 19.5. The second-order valence-electron chi connectivity index (χ2n) is 15.9. The zero-order valence-electron chi connectivity index (χ0n) is 32.3. The van der Waals surface area contributed by atoms with Crippen LogP contribution >= 0.6 is 0 Å². The Morgan fingerprint density at radius 2 is 1.35 bits per heavy atom. The number of aromatic hydroxyl groups is 1.